The van der Waals surface area contributed by atoms with E-state index < -0.39 is 0 Å². The fraction of sp³-hybridized carbons (Fsp3) is 0.600. The van der Waals surface area contributed by atoms with Gasteiger partial charge >= 0.3 is 0 Å². The van der Waals surface area contributed by atoms with Gasteiger partial charge in [-0.25, -0.2) is 0 Å². The normalized spacial score (nSPS) is 19.4. The average molecular weight is 340 g/mol. The molecular formula is C15H22BrN3O. The maximum Gasteiger partial charge on any atom is 0.255 e. The lowest BCUT2D eigenvalue weighted by Crippen LogP contribution is -2.43. The molecule has 5 heteroatoms. The summed E-state index contributed by atoms with van der Waals surface area (Å²) < 4.78 is 0.846. The molecule has 0 radical (unpaired) electrons. The molecule has 1 aliphatic rings. The van der Waals surface area contributed by atoms with Crippen LogP contribution in [0, 0.1) is 5.92 Å². The first-order valence-electron chi connectivity index (χ1n) is 7.19. The molecule has 1 unspecified atom stereocenters. The Kier molecular flexibility index (Phi) is 5.54. The topological polar surface area (TPSA) is 45.2 Å². The molecule has 20 heavy (non-hydrogen) atoms. The molecule has 1 aromatic rings. The minimum absolute atomic E-state index is 0.0908. The third-order valence-corrected chi connectivity index (χ3v) is 4.01. The zero-order chi connectivity index (χ0) is 14.5. The van der Waals surface area contributed by atoms with E-state index >= 15 is 0 Å². The van der Waals surface area contributed by atoms with Crippen molar-refractivity contribution in [3.8, 4) is 0 Å². The SMILES string of the molecule is CC(C)NCC1CCCN(C(=O)c2cncc(Br)c2)C1. The molecule has 110 valence electrons. The number of piperidine rings is 1. The van der Waals surface area contributed by atoms with Crippen LogP contribution in [-0.2, 0) is 0 Å². The van der Waals surface area contributed by atoms with E-state index in [-0.39, 0.29) is 5.91 Å². The molecule has 0 aliphatic carbocycles. The highest BCUT2D eigenvalue weighted by molar-refractivity contribution is 9.10. The van der Waals surface area contributed by atoms with E-state index in [1.807, 2.05) is 11.0 Å². The van der Waals surface area contributed by atoms with Crippen LogP contribution in [0.5, 0.6) is 0 Å². The Labute approximate surface area is 129 Å². The van der Waals surface area contributed by atoms with Crippen LogP contribution in [0.4, 0.5) is 0 Å². The molecule has 2 heterocycles. The van der Waals surface area contributed by atoms with Crippen molar-refractivity contribution in [3.63, 3.8) is 0 Å². The lowest BCUT2D eigenvalue weighted by molar-refractivity contribution is 0.0671. The number of carbonyl (C=O) groups is 1. The Balaban J connectivity index is 1.96. The first-order valence-corrected chi connectivity index (χ1v) is 7.98. The van der Waals surface area contributed by atoms with Crippen molar-refractivity contribution >= 4 is 21.8 Å². The predicted octanol–water partition coefficient (Wildman–Crippen LogP) is 2.69. The number of nitrogens with zero attached hydrogens (tertiary/aromatic N) is 2. The molecule has 0 saturated carbocycles. The minimum atomic E-state index is 0.0908. The summed E-state index contributed by atoms with van der Waals surface area (Å²) in [6, 6.07) is 2.33. The van der Waals surface area contributed by atoms with Gasteiger partial charge in [0.1, 0.15) is 0 Å². The first kappa shape index (κ1) is 15.4. The number of rotatable bonds is 4. The molecular weight excluding hydrogens is 318 g/mol. The monoisotopic (exact) mass is 339 g/mol. The number of likely N-dealkylation sites (tertiary alicyclic amines) is 1. The van der Waals surface area contributed by atoms with Crippen LogP contribution in [0.25, 0.3) is 0 Å². The Bertz CT molecular complexity index is 464. The number of aromatic nitrogens is 1. The molecule has 1 aliphatic heterocycles. The number of hydrogen-bond donors (Lipinski definition) is 1. The van der Waals surface area contributed by atoms with E-state index in [4.69, 9.17) is 0 Å². The maximum atomic E-state index is 12.5. The Hall–Kier alpha value is -0.940. The third-order valence-electron chi connectivity index (χ3n) is 3.57. The largest absolute Gasteiger partial charge is 0.338 e. The van der Waals surface area contributed by atoms with Crippen molar-refractivity contribution in [2.45, 2.75) is 32.7 Å². The summed E-state index contributed by atoms with van der Waals surface area (Å²) in [6.07, 6.45) is 5.61. The second kappa shape index (κ2) is 7.18. The standard InChI is InChI=1S/C15H22BrN3O/c1-11(2)18-7-12-4-3-5-19(10-12)15(20)13-6-14(16)9-17-8-13/h6,8-9,11-12,18H,3-5,7,10H2,1-2H3. The minimum Gasteiger partial charge on any atom is -0.338 e. The fourth-order valence-corrected chi connectivity index (χ4v) is 2.89. The van der Waals surface area contributed by atoms with E-state index in [1.54, 1.807) is 12.4 Å². The second-order valence-electron chi connectivity index (χ2n) is 5.71. The van der Waals surface area contributed by atoms with E-state index in [0.29, 0.717) is 17.5 Å². The van der Waals surface area contributed by atoms with Crippen LogP contribution in [0.3, 0.4) is 0 Å². The van der Waals surface area contributed by atoms with Crippen molar-refractivity contribution in [1.29, 1.82) is 0 Å². The summed E-state index contributed by atoms with van der Waals surface area (Å²) in [7, 11) is 0. The van der Waals surface area contributed by atoms with Crippen LogP contribution >= 0.6 is 15.9 Å². The Morgan fingerprint density at radius 1 is 1.55 bits per heavy atom. The molecule has 1 N–H and O–H groups in total. The van der Waals surface area contributed by atoms with Crippen LogP contribution in [0.2, 0.25) is 0 Å². The molecule has 1 fully saturated rings. The number of nitrogens with one attached hydrogen (secondary N) is 1. The van der Waals surface area contributed by atoms with Gasteiger partial charge in [0.2, 0.25) is 0 Å². The van der Waals surface area contributed by atoms with Crippen LogP contribution in [-0.4, -0.2) is 41.5 Å². The highest BCUT2D eigenvalue weighted by atomic mass is 79.9. The zero-order valence-corrected chi connectivity index (χ0v) is 13.7. The zero-order valence-electron chi connectivity index (χ0n) is 12.1. The summed E-state index contributed by atoms with van der Waals surface area (Å²) in [6.45, 7) is 6.98. The van der Waals surface area contributed by atoms with E-state index in [2.05, 4.69) is 40.1 Å². The van der Waals surface area contributed by atoms with Crippen molar-refractivity contribution in [3.05, 3.63) is 28.5 Å². The molecule has 0 aromatic carbocycles. The highest BCUT2D eigenvalue weighted by Gasteiger charge is 2.24. The summed E-state index contributed by atoms with van der Waals surface area (Å²) in [5.41, 5.74) is 0.664. The third kappa shape index (κ3) is 4.28. The van der Waals surface area contributed by atoms with E-state index in [0.717, 1.165) is 30.5 Å². The van der Waals surface area contributed by atoms with Crippen molar-refractivity contribution < 1.29 is 4.79 Å². The van der Waals surface area contributed by atoms with E-state index in [1.165, 1.54) is 6.42 Å². The number of carbonyl (C=O) groups excluding carboxylic acids is 1. The number of pyridine rings is 1. The molecule has 1 saturated heterocycles. The molecule has 0 bridgehead atoms. The molecule has 2 rings (SSSR count). The lowest BCUT2D eigenvalue weighted by Gasteiger charge is -2.33. The van der Waals surface area contributed by atoms with Gasteiger partial charge < -0.3 is 10.2 Å². The van der Waals surface area contributed by atoms with Gasteiger partial charge in [-0.1, -0.05) is 13.8 Å². The van der Waals surface area contributed by atoms with Crippen molar-refractivity contribution in [2.75, 3.05) is 19.6 Å². The van der Waals surface area contributed by atoms with Gasteiger partial charge in [0.15, 0.2) is 0 Å². The molecule has 1 amide bonds. The lowest BCUT2D eigenvalue weighted by atomic mass is 9.97. The van der Waals surface area contributed by atoms with Crippen LogP contribution < -0.4 is 5.32 Å². The molecule has 0 spiro atoms. The summed E-state index contributed by atoms with van der Waals surface area (Å²) in [4.78, 5) is 18.5. The first-order chi connectivity index (χ1) is 9.56. The van der Waals surface area contributed by atoms with Crippen molar-refractivity contribution in [1.82, 2.24) is 15.2 Å². The summed E-state index contributed by atoms with van der Waals surface area (Å²) >= 11 is 3.36. The smallest absolute Gasteiger partial charge is 0.255 e. The Morgan fingerprint density at radius 2 is 2.35 bits per heavy atom. The second-order valence-corrected chi connectivity index (χ2v) is 6.63. The molecule has 1 aromatic heterocycles. The van der Waals surface area contributed by atoms with Crippen LogP contribution in [0.15, 0.2) is 22.9 Å². The van der Waals surface area contributed by atoms with Crippen molar-refractivity contribution in [2.24, 2.45) is 5.92 Å². The van der Waals surface area contributed by atoms with Gasteiger partial charge in [-0.3, -0.25) is 9.78 Å². The molecule has 1 atom stereocenters. The van der Waals surface area contributed by atoms with Gasteiger partial charge in [-0.05, 0) is 47.3 Å². The van der Waals surface area contributed by atoms with Gasteiger partial charge in [-0.15, -0.1) is 0 Å². The number of amides is 1. The summed E-state index contributed by atoms with van der Waals surface area (Å²) in [5, 5.41) is 3.47. The van der Waals surface area contributed by atoms with Gasteiger partial charge in [0.05, 0.1) is 5.56 Å². The number of hydrogen-bond acceptors (Lipinski definition) is 3. The Morgan fingerprint density at radius 3 is 3.05 bits per heavy atom. The highest BCUT2D eigenvalue weighted by Crippen LogP contribution is 2.19. The van der Waals surface area contributed by atoms with Gasteiger partial charge in [-0.2, -0.15) is 0 Å². The predicted molar refractivity (Wildman–Crippen MR) is 83.7 cm³/mol. The summed E-state index contributed by atoms with van der Waals surface area (Å²) in [5.74, 6) is 0.642. The van der Waals surface area contributed by atoms with E-state index in [9.17, 15) is 4.79 Å². The van der Waals surface area contributed by atoms with Gasteiger partial charge in [0.25, 0.3) is 5.91 Å². The quantitative estimate of drug-likeness (QED) is 0.917. The number of halogens is 1. The maximum absolute atomic E-state index is 12.5. The fourth-order valence-electron chi connectivity index (χ4n) is 2.53. The average Bonchev–Trinajstić information content (AvgIpc) is 2.44. The van der Waals surface area contributed by atoms with Crippen LogP contribution in [0.1, 0.15) is 37.0 Å². The van der Waals surface area contributed by atoms with Gasteiger partial charge in [0, 0.05) is 36.0 Å². The molecule has 4 nitrogen and oxygen atoms in total.